The maximum atomic E-state index is 9.94. The fourth-order valence-electron chi connectivity index (χ4n) is 0.469. The molecule has 0 unspecified atom stereocenters. The molecule has 0 saturated heterocycles. The lowest BCUT2D eigenvalue weighted by Crippen LogP contribution is -2.25. The van der Waals surface area contributed by atoms with Crippen LogP contribution < -0.4 is 0 Å². The van der Waals surface area contributed by atoms with Crippen LogP contribution in [0.2, 0.25) is 0 Å². The summed E-state index contributed by atoms with van der Waals surface area (Å²) in [5.74, 6) is 0. The van der Waals surface area contributed by atoms with Crippen LogP contribution in [-0.2, 0) is 0 Å². The van der Waals surface area contributed by atoms with Crippen molar-refractivity contribution in [3.8, 4) is 0 Å². The molecule has 62 valence electrons. The largest absolute Gasteiger partial charge is 0.235 e. The Morgan fingerprint density at radius 3 is 2.40 bits per heavy atom. The van der Waals surface area contributed by atoms with Gasteiger partial charge < -0.3 is 0 Å². The molecule has 0 radical (unpaired) electrons. The summed E-state index contributed by atoms with van der Waals surface area (Å²) < 4.78 is 0. The Labute approximate surface area is 66.7 Å². The van der Waals surface area contributed by atoms with Crippen molar-refractivity contribution in [2.24, 2.45) is 0 Å². The van der Waals surface area contributed by atoms with Gasteiger partial charge in [0.15, 0.2) is 5.03 Å². The number of rotatable bonds is 4. The Morgan fingerprint density at radius 2 is 2.10 bits per heavy atom. The van der Waals surface area contributed by atoms with E-state index in [1.807, 2.05) is 6.92 Å². The Bertz CT molecular complexity index is 99.6. The van der Waals surface area contributed by atoms with E-state index in [2.05, 4.69) is 0 Å². The standard InChI is InChI=1S/C5H12N2O2.ClH/c1-3-4-5-6(2)7(8)9;/h3-5H2,1-2H3;1H. The van der Waals surface area contributed by atoms with Crippen molar-refractivity contribution in [1.29, 1.82) is 0 Å². The second-order valence-corrected chi connectivity index (χ2v) is 1.97. The molecule has 0 amide bonds. The van der Waals surface area contributed by atoms with E-state index < -0.39 is 5.03 Å². The number of nitrogens with zero attached hydrogens (tertiary/aromatic N) is 2. The highest BCUT2D eigenvalue weighted by Gasteiger charge is 2.03. The van der Waals surface area contributed by atoms with Gasteiger partial charge in [0.25, 0.3) is 0 Å². The molecule has 0 rings (SSSR count). The molecule has 0 spiro atoms. The van der Waals surface area contributed by atoms with Gasteiger partial charge in [-0.05, 0) is 6.42 Å². The molecular formula is C5H13ClN2O2. The average molecular weight is 169 g/mol. The van der Waals surface area contributed by atoms with E-state index in [0.29, 0.717) is 6.54 Å². The zero-order valence-corrected chi connectivity index (χ0v) is 7.06. The highest BCUT2D eigenvalue weighted by atomic mass is 35.5. The summed E-state index contributed by atoms with van der Waals surface area (Å²) in [5.41, 5.74) is 0. The molecular weight excluding hydrogens is 156 g/mol. The van der Waals surface area contributed by atoms with Gasteiger partial charge in [-0.25, -0.2) is 10.1 Å². The Hall–Kier alpha value is -0.510. The van der Waals surface area contributed by atoms with Crippen molar-refractivity contribution in [2.75, 3.05) is 13.6 Å². The molecule has 0 heterocycles. The first kappa shape index (κ1) is 12.2. The topological polar surface area (TPSA) is 46.4 Å². The molecule has 0 saturated carbocycles. The van der Waals surface area contributed by atoms with E-state index in [1.54, 1.807) is 0 Å². The number of unbranched alkanes of at least 4 members (excludes halogenated alkanes) is 1. The molecule has 0 atom stereocenters. The average Bonchev–Trinajstić information content (AvgIpc) is 1.82. The lowest BCUT2D eigenvalue weighted by molar-refractivity contribution is -0.648. The van der Waals surface area contributed by atoms with Crippen LogP contribution in [0, 0.1) is 10.1 Å². The van der Waals surface area contributed by atoms with Gasteiger partial charge in [-0.2, -0.15) is 0 Å². The second kappa shape index (κ2) is 6.61. The zero-order valence-electron chi connectivity index (χ0n) is 6.24. The van der Waals surface area contributed by atoms with E-state index >= 15 is 0 Å². The molecule has 0 aromatic heterocycles. The predicted molar refractivity (Wildman–Crippen MR) is 41.8 cm³/mol. The van der Waals surface area contributed by atoms with Gasteiger partial charge >= 0.3 is 0 Å². The third kappa shape index (κ3) is 5.62. The van der Waals surface area contributed by atoms with Gasteiger partial charge in [0, 0.05) is 0 Å². The fourth-order valence-corrected chi connectivity index (χ4v) is 0.469. The van der Waals surface area contributed by atoms with E-state index in [0.717, 1.165) is 17.9 Å². The van der Waals surface area contributed by atoms with Crippen molar-refractivity contribution < 1.29 is 5.03 Å². The molecule has 0 aromatic carbocycles. The van der Waals surface area contributed by atoms with E-state index in [4.69, 9.17) is 0 Å². The van der Waals surface area contributed by atoms with Crippen LogP contribution in [0.4, 0.5) is 0 Å². The van der Waals surface area contributed by atoms with Crippen LogP contribution in [0.5, 0.6) is 0 Å². The van der Waals surface area contributed by atoms with Crippen LogP contribution in [-0.4, -0.2) is 23.6 Å². The number of hydrazine groups is 1. The first-order chi connectivity index (χ1) is 4.18. The van der Waals surface area contributed by atoms with Gasteiger partial charge in [-0.3, -0.25) is 0 Å². The smallest absolute Gasteiger partial charge is 0.159 e. The summed E-state index contributed by atoms with van der Waals surface area (Å²) in [7, 11) is 1.48. The number of halogens is 1. The maximum Gasteiger partial charge on any atom is 0.159 e. The molecule has 4 nitrogen and oxygen atoms in total. The van der Waals surface area contributed by atoms with Gasteiger partial charge in [0.1, 0.15) is 0 Å². The minimum absolute atomic E-state index is 0. The number of nitro groups is 1. The first-order valence-corrected chi connectivity index (χ1v) is 3.04. The minimum atomic E-state index is -0.393. The summed E-state index contributed by atoms with van der Waals surface area (Å²) in [4.78, 5) is 9.94. The molecule has 0 aliphatic carbocycles. The predicted octanol–water partition coefficient (Wildman–Crippen LogP) is 1.33. The zero-order chi connectivity index (χ0) is 7.28. The van der Waals surface area contributed by atoms with E-state index in [1.165, 1.54) is 7.05 Å². The molecule has 0 N–H and O–H groups in total. The molecule has 0 fully saturated rings. The van der Waals surface area contributed by atoms with Crippen LogP contribution in [0.1, 0.15) is 19.8 Å². The summed E-state index contributed by atoms with van der Waals surface area (Å²) in [5, 5.41) is 10.6. The molecule has 0 aliphatic heterocycles. The highest BCUT2D eigenvalue weighted by Crippen LogP contribution is 1.89. The van der Waals surface area contributed by atoms with E-state index in [-0.39, 0.29) is 12.4 Å². The number of hydrogen-bond acceptors (Lipinski definition) is 2. The van der Waals surface area contributed by atoms with Crippen molar-refractivity contribution in [3.05, 3.63) is 10.1 Å². The van der Waals surface area contributed by atoms with Gasteiger partial charge in [0.05, 0.1) is 13.6 Å². The third-order valence-electron chi connectivity index (χ3n) is 1.11. The monoisotopic (exact) mass is 168 g/mol. The van der Waals surface area contributed by atoms with Crippen LogP contribution in [0.15, 0.2) is 0 Å². The normalized spacial score (nSPS) is 8.20. The van der Waals surface area contributed by atoms with Crippen molar-refractivity contribution in [2.45, 2.75) is 19.8 Å². The van der Waals surface area contributed by atoms with Gasteiger partial charge in [-0.1, -0.05) is 13.3 Å². The second-order valence-electron chi connectivity index (χ2n) is 1.97. The molecule has 10 heavy (non-hydrogen) atoms. The Kier molecular flexibility index (Phi) is 8.06. The Balaban J connectivity index is 0. The van der Waals surface area contributed by atoms with Crippen molar-refractivity contribution in [1.82, 2.24) is 5.01 Å². The van der Waals surface area contributed by atoms with Crippen LogP contribution in [0.25, 0.3) is 0 Å². The number of hydrogen-bond donors (Lipinski definition) is 0. The summed E-state index contributed by atoms with van der Waals surface area (Å²) >= 11 is 0. The van der Waals surface area contributed by atoms with Crippen LogP contribution >= 0.6 is 12.4 Å². The van der Waals surface area contributed by atoms with Crippen molar-refractivity contribution in [3.63, 3.8) is 0 Å². The van der Waals surface area contributed by atoms with Crippen molar-refractivity contribution >= 4 is 12.4 Å². The molecule has 0 bridgehead atoms. The molecule has 0 aromatic rings. The maximum absolute atomic E-state index is 9.94. The van der Waals surface area contributed by atoms with Crippen LogP contribution in [0.3, 0.4) is 0 Å². The lowest BCUT2D eigenvalue weighted by atomic mass is 10.3. The van der Waals surface area contributed by atoms with E-state index in [9.17, 15) is 10.1 Å². The third-order valence-corrected chi connectivity index (χ3v) is 1.11. The van der Waals surface area contributed by atoms with Gasteiger partial charge in [-0.15, -0.1) is 17.4 Å². The lowest BCUT2D eigenvalue weighted by Gasteiger charge is -2.05. The summed E-state index contributed by atoms with van der Waals surface area (Å²) in [6, 6.07) is 0. The Morgan fingerprint density at radius 1 is 1.60 bits per heavy atom. The summed E-state index contributed by atoms with van der Waals surface area (Å²) in [6.07, 6.45) is 1.88. The molecule has 5 heteroatoms. The fraction of sp³-hybridized carbons (Fsp3) is 1.00. The first-order valence-electron chi connectivity index (χ1n) is 3.04. The minimum Gasteiger partial charge on any atom is -0.235 e. The summed E-state index contributed by atoms with van der Waals surface area (Å²) in [6.45, 7) is 2.55. The molecule has 0 aliphatic rings. The van der Waals surface area contributed by atoms with Gasteiger partial charge in [0.2, 0.25) is 0 Å². The SMILES string of the molecule is CCCCN(C)[N+](=O)[O-].Cl. The highest BCUT2D eigenvalue weighted by molar-refractivity contribution is 5.85. The quantitative estimate of drug-likeness (QED) is 0.470.